The van der Waals surface area contributed by atoms with Crippen molar-refractivity contribution in [3.8, 4) is 21.8 Å². The van der Waals surface area contributed by atoms with Gasteiger partial charge in [-0.1, -0.05) is 11.3 Å². The molecule has 2 aliphatic rings. The maximum absolute atomic E-state index is 6.17. The average Bonchev–Trinajstić information content (AvgIpc) is 3.50. The van der Waals surface area contributed by atoms with Gasteiger partial charge < -0.3 is 15.0 Å². The normalized spacial score (nSPS) is 21.0. The number of H-pyrrole nitrogens is 2. The van der Waals surface area contributed by atoms with E-state index in [1.165, 1.54) is 0 Å². The summed E-state index contributed by atoms with van der Waals surface area (Å²) in [6.45, 7) is 3.19. The second kappa shape index (κ2) is 7.03. The Kier molecular flexibility index (Phi) is 4.17. The van der Waals surface area contributed by atoms with Gasteiger partial charge in [-0.2, -0.15) is 5.10 Å². The fourth-order valence-corrected chi connectivity index (χ4v) is 5.21. The first-order valence-corrected chi connectivity index (χ1v) is 11.0. The Morgan fingerprint density at radius 2 is 2.23 bits per heavy atom. The molecule has 1 fully saturated rings. The lowest BCUT2D eigenvalue weighted by molar-refractivity contribution is 0.130. The molecular weight excluding hydrogens is 398 g/mol. The predicted molar refractivity (Wildman–Crippen MR) is 117 cm³/mol. The number of aromatic nitrogens is 5. The maximum Gasteiger partial charge on any atom is 0.195 e. The highest BCUT2D eigenvalue weighted by Gasteiger charge is 2.27. The lowest BCUT2D eigenvalue weighted by Gasteiger charge is -2.28. The molecule has 1 saturated heterocycles. The van der Waals surface area contributed by atoms with Gasteiger partial charge in [0.15, 0.2) is 5.90 Å². The van der Waals surface area contributed by atoms with Crippen LogP contribution < -0.4 is 5.32 Å². The molecule has 6 rings (SSSR count). The molecule has 4 aromatic heterocycles. The van der Waals surface area contributed by atoms with Gasteiger partial charge >= 0.3 is 0 Å². The molecule has 6 heterocycles. The van der Waals surface area contributed by atoms with E-state index in [1.54, 1.807) is 17.5 Å². The molecule has 9 heteroatoms. The smallest absolute Gasteiger partial charge is 0.195 e. The van der Waals surface area contributed by atoms with Gasteiger partial charge in [0.25, 0.3) is 0 Å². The number of aromatic amines is 2. The van der Waals surface area contributed by atoms with Gasteiger partial charge in [0, 0.05) is 41.1 Å². The third-order valence-electron chi connectivity index (χ3n) is 5.71. The number of piperidine rings is 1. The summed E-state index contributed by atoms with van der Waals surface area (Å²) in [7, 11) is 0. The van der Waals surface area contributed by atoms with Crippen LogP contribution in [0.15, 0.2) is 35.8 Å². The summed E-state index contributed by atoms with van der Waals surface area (Å²) in [5.74, 6) is 0.794. The Balaban J connectivity index is 1.29. The second-order valence-electron chi connectivity index (χ2n) is 7.85. The third kappa shape index (κ3) is 3.01. The van der Waals surface area contributed by atoms with Gasteiger partial charge in [-0.15, -0.1) is 0 Å². The summed E-state index contributed by atoms with van der Waals surface area (Å²) in [6.07, 6.45) is 10.4. The molecular formula is C21H21N7OS. The van der Waals surface area contributed by atoms with Crippen molar-refractivity contribution in [2.24, 2.45) is 4.99 Å². The highest BCUT2D eigenvalue weighted by molar-refractivity contribution is 7.19. The number of rotatable bonds is 3. The van der Waals surface area contributed by atoms with Crippen molar-refractivity contribution in [2.75, 3.05) is 6.54 Å². The number of nitrogens with one attached hydrogen (secondary N) is 3. The van der Waals surface area contributed by atoms with Crippen molar-refractivity contribution in [1.82, 2.24) is 30.5 Å². The summed E-state index contributed by atoms with van der Waals surface area (Å²) in [5, 5.41) is 13.3. The van der Waals surface area contributed by atoms with Gasteiger partial charge in [0.2, 0.25) is 0 Å². The van der Waals surface area contributed by atoms with Crippen LogP contribution in [0.3, 0.4) is 0 Å². The Morgan fingerprint density at radius 1 is 1.27 bits per heavy atom. The van der Waals surface area contributed by atoms with Gasteiger partial charge in [-0.25, -0.2) is 9.98 Å². The van der Waals surface area contributed by atoms with Crippen LogP contribution in [0, 0.1) is 0 Å². The molecule has 30 heavy (non-hydrogen) atoms. The minimum Gasteiger partial charge on any atom is -0.477 e. The number of fused-ring (bicyclic) bond motifs is 2. The zero-order valence-electron chi connectivity index (χ0n) is 16.5. The maximum atomic E-state index is 6.17. The zero-order chi connectivity index (χ0) is 20.1. The van der Waals surface area contributed by atoms with Crippen molar-refractivity contribution in [3.63, 3.8) is 0 Å². The van der Waals surface area contributed by atoms with Gasteiger partial charge in [0.05, 0.1) is 23.8 Å². The van der Waals surface area contributed by atoms with Gasteiger partial charge in [-0.3, -0.25) is 10.1 Å². The van der Waals surface area contributed by atoms with E-state index in [2.05, 4.69) is 33.5 Å². The molecule has 0 aromatic carbocycles. The van der Waals surface area contributed by atoms with E-state index in [1.807, 2.05) is 18.6 Å². The lowest BCUT2D eigenvalue weighted by Crippen LogP contribution is -2.40. The van der Waals surface area contributed by atoms with E-state index in [0.29, 0.717) is 12.5 Å². The van der Waals surface area contributed by atoms with Crippen molar-refractivity contribution in [1.29, 1.82) is 0 Å². The van der Waals surface area contributed by atoms with Crippen LogP contribution in [0.4, 0.5) is 5.00 Å². The predicted octanol–water partition coefficient (Wildman–Crippen LogP) is 3.82. The van der Waals surface area contributed by atoms with E-state index < -0.39 is 0 Å². The Morgan fingerprint density at radius 3 is 3.07 bits per heavy atom. The van der Waals surface area contributed by atoms with Gasteiger partial charge in [-0.05, 0) is 32.4 Å². The molecule has 152 valence electrons. The number of ether oxygens (including phenoxy) is 1. The van der Waals surface area contributed by atoms with E-state index >= 15 is 0 Å². The molecule has 4 aromatic rings. The summed E-state index contributed by atoms with van der Waals surface area (Å²) >= 11 is 1.57. The van der Waals surface area contributed by atoms with E-state index in [0.717, 1.165) is 68.7 Å². The van der Waals surface area contributed by atoms with Crippen LogP contribution in [-0.4, -0.2) is 49.7 Å². The van der Waals surface area contributed by atoms with Crippen LogP contribution in [0.2, 0.25) is 0 Å². The highest BCUT2D eigenvalue weighted by atomic mass is 32.1. The molecule has 0 amide bonds. The van der Waals surface area contributed by atoms with Crippen LogP contribution in [0.5, 0.6) is 0 Å². The molecule has 0 spiro atoms. The number of hydrogen-bond acceptors (Lipinski definition) is 7. The summed E-state index contributed by atoms with van der Waals surface area (Å²) in [4.78, 5) is 17.6. The molecule has 3 N–H and O–H groups in total. The van der Waals surface area contributed by atoms with Crippen molar-refractivity contribution >= 4 is 33.1 Å². The van der Waals surface area contributed by atoms with Crippen LogP contribution in [0.25, 0.3) is 32.7 Å². The largest absolute Gasteiger partial charge is 0.477 e. The van der Waals surface area contributed by atoms with Crippen LogP contribution >= 0.6 is 11.3 Å². The molecule has 0 radical (unpaired) electrons. The molecule has 2 aliphatic heterocycles. The van der Waals surface area contributed by atoms with E-state index in [4.69, 9.17) is 19.7 Å². The first kappa shape index (κ1) is 17.8. The van der Waals surface area contributed by atoms with Crippen molar-refractivity contribution in [2.45, 2.75) is 38.3 Å². The molecule has 2 atom stereocenters. The second-order valence-corrected chi connectivity index (χ2v) is 8.82. The minimum absolute atomic E-state index is 0.240. The number of hydrogen-bond donors (Lipinski definition) is 3. The number of thiazole rings is 1. The molecule has 0 bridgehead atoms. The SMILES string of the molecule is C[C@H]1CC(OC2=Nc3sc(-c4ncc(-c5cn[nH]c5)c5cc[nH]c45)nc3C2)CCN1. The molecule has 8 nitrogen and oxygen atoms in total. The third-order valence-corrected chi connectivity index (χ3v) is 6.71. The lowest BCUT2D eigenvalue weighted by atomic mass is 10.0. The molecule has 0 saturated carbocycles. The van der Waals surface area contributed by atoms with E-state index in [9.17, 15) is 0 Å². The topological polar surface area (TPSA) is 104 Å². The standard InChI is InChI=1S/C21H21N7OS/c1-11-6-13(2-4-22-11)29-17-7-16-20(28-17)30-21(27-16)19-18-14(3-5-23-18)15(10-24-19)12-8-25-26-9-12/h3,5,8-11,13,22-23H,2,4,6-7H2,1H3,(H,25,26)/t11-,13?/m0/s1. The fraction of sp³-hybridized carbons (Fsp3) is 0.333. The first-order valence-electron chi connectivity index (χ1n) is 10.2. The van der Waals surface area contributed by atoms with Crippen LogP contribution in [0.1, 0.15) is 25.5 Å². The summed E-state index contributed by atoms with van der Waals surface area (Å²) in [5.41, 5.74) is 4.86. The summed E-state index contributed by atoms with van der Waals surface area (Å²) in [6, 6.07) is 2.55. The summed E-state index contributed by atoms with van der Waals surface area (Å²) < 4.78 is 6.17. The number of pyridine rings is 1. The monoisotopic (exact) mass is 419 g/mol. The van der Waals surface area contributed by atoms with Crippen molar-refractivity contribution < 1.29 is 4.74 Å². The zero-order valence-corrected chi connectivity index (χ0v) is 17.3. The Hall–Kier alpha value is -3.04. The van der Waals surface area contributed by atoms with E-state index in [-0.39, 0.29) is 6.10 Å². The first-order chi connectivity index (χ1) is 14.7. The quantitative estimate of drug-likeness (QED) is 0.468. The average molecular weight is 420 g/mol. The van der Waals surface area contributed by atoms with Gasteiger partial charge in [0.1, 0.15) is 21.8 Å². The molecule has 1 unspecified atom stereocenters. The Labute approximate surface area is 176 Å². The minimum atomic E-state index is 0.240. The highest BCUT2D eigenvalue weighted by Crippen LogP contribution is 2.40. The molecule has 0 aliphatic carbocycles. The van der Waals surface area contributed by atoms with Crippen molar-refractivity contribution in [3.05, 3.63) is 36.5 Å². The number of nitrogens with zero attached hydrogens (tertiary/aromatic N) is 4. The number of aliphatic imine (C=N–C) groups is 1. The fourth-order valence-electron chi connectivity index (χ4n) is 4.24. The Bertz CT molecular complexity index is 1240. The van der Waals surface area contributed by atoms with Crippen LogP contribution in [-0.2, 0) is 11.2 Å².